The minimum atomic E-state index is 0.513. The van der Waals surface area contributed by atoms with Crippen LogP contribution in [0.1, 0.15) is 0 Å². The lowest BCUT2D eigenvalue weighted by molar-refractivity contribution is 0.310. The zero-order valence-electron chi connectivity index (χ0n) is 11.2. The first-order chi connectivity index (χ1) is 9.72. The summed E-state index contributed by atoms with van der Waals surface area (Å²) in [7, 11) is 2.11. The molecule has 20 heavy (non-hydrogen) atoms. The molecular weight excluding hydrogens is 276 g/mol. The molecule has 3 rings (SSSR count). The van der Waals surface area contributed by atoms with Gasteiger partial charge in [-0.2, -0.15) is 0 Å². The third kappa shape index (κ3) is 2.86. The predicted octanol–water partition coefficient (Wildman–Crippen LogP) is 1.34. The highest BCUT2D eigenvalue weighted by Gasteiger charge is 2.17. The van der Waals surface area contributed by atoms with Crippen LogP contribution in [-0.2, 0) is 0 Å². The molecule has 0 amide bonds. The number of nitrogens with zero attached hydrogens (tertiary/aromatic N) is 6. The van der Waals surface area contributed by atoms with E-state index >= 15 is 0 Å². The standard InChI is InChI=1S/C13H15ClN6/c1-19-6-8-20(9-7-19)13-17-15-12(16-18-13)10-2-4-11(14)5-3-10/h2-5H,6-9H2,1H3. The summed E-state index contributed by atoms with van der Waals surface area (Å²) in [6, 6.07) is 7.32. The van der Waals surface area contributed by atoms with Crippen molar-refractivity contribution in [2.24, 2.45) is 0 Å². The molecule has 1 aliphatic rings. The summed E-state index contributed by atoms with van der Waals surface area (Å²) >= 11 is 5.85. The molecule has 0 spiro atoms. The lowest BCUT2D eigenvalue weighted by Crippen LogP contribution is -2.45. The Morgan fingerprint density at radius 1 is 0.900 bits per heavy atom. The van der Waals surface area contributed by atoms with Gasteiger partial charge < -0.3 is 9.80 Å². The molecule has 1 aliphatic heterocycles. The number of benzene rings is 1. The molecule has 0 aliphatic carbocycles. The molecule has 1 aromatic heterocycles. The Morgan fingerprint density at radius 2 is 1.50 bits per heavy atom. The molecule has 6 nitrogen and oxygen atoms in total. The summed E-state index contributed by atoms with van der Waals surface area (Å²) in [5.41, 5.74) is 0.860. The van der Waals surface area contributed by atoms with E-state index in [1.54, 1.807) is 12.1 Å². The number of rotatable bonds is 2. The third-order valence-corrected chi connectivity index (χ3v) is 3.61. The molecule has 104 valence electrons. The Balaban J connectivity index is 1.76. The average molecular weight is 291 g/mol. The Kier molecular flexibility index (Phi) is 3.75. The molecule has 1 saturated heterocycles. The molecule has 7 heteroatoms. The van der Waals surface area contributed by atoms with Crippen LogP contribution >= 0.6 is 11.6 Å². The Hall–Kier alpha value is -1.79. The summed E-state index contributed by atoms with van der Waals surface area (Å²) in [5.74, 6) is 1.11. The molecular formula is C13H15ClN6. The monoisotopic (exact) mass is 290 g/mol. The second kappa shape index (κ2) is 5.68. The Labute approximate surface area is 122 Å². The highest BCUT2D eigenvalue weighted by molar-refractivity contribution is 6.30. The average Bonchev–Trinajstić information content (AvgIpc) is 2.49. The molecule has 1 aromatic carbocycles. The normalized spacial score (nSPS) is 16.4. The van der Waals surface area contributed by atoms with Gasteiger partial charge in [0.15, 0.2) is 0 Å². The zero-order chi connectivity index (χ0) is 13.9. The first kappa shape index (κ1) is 13.2. The van der Waals surface area contributed by atoms with Crippen molar-refractivity contribution in [1.29, 1.82) is 0 Å². The van der Waals surface area contributed by atoms with Crippen LogP contribution in [-0.4, -0.2) is 58.5 Å². The van der Waals surface area contributed by atoms with E-state index in [1.165, 1.54) is 0 Å². The van der Waals surface area contributed by atoms with Crippen molar-refractivity contribution < 1.29 is 0 Å². The van der Waals surface area contributed by atoms with Gasteiger partial charge in [0.2, 0.25) is 5.82 Å². The van der Waals surface area contributed by atoms with E-state index in [-0.39, 0.29) is 0 Å². The molecule has 0 N–H and O–H groups in total. The summed E-state index contributed by atoms with van der Waals surface area (Å²) < 4.78 is 0. The first-order valence-electron chi connectivity index (χ1n) is 6.49. The molecule has 0 bridgehead atoms. The smallest absolute Gasteiger partial charge is 0.264 e. The van der Waals surface area contributed by atoms with Crippen LogP contribution in [0.15, 0.2) is 24.3 Å². The maximum Gasteiger partial charge on any atom is 0.264 e. The fourth-order valence-corrected chi connectivity index (χ4v) is 2.20. The van der Waals surface area contributed by atoms with E-state index in [0.717, 1.165) is 31.7 Å². The Bertz CT molecular complexity index is 562. The highest BCUT2D eigenvalue weighted by atomic mass is 35.5. The fraction of sp³-hybridized carbons (Fsp3) is 0.385. The molecule has 0 unspecified atom stereocenters. The lowest BCUT2D eigenvalue weighted by Gasteiger charge is -2.31. The van der Waals surface area contributed by atoms with Crippen molar-refractivity contribution in [2.75, 3.05) is 38.1 Å². The van der Waals surface area contributed by atoms with Gasteiger partial charge in [-0.25, -0.2) is 0 Å². The second-order valence-electron chi connectivity index (χ2n) is 4.82. The van der Waals surface area contributed by atoms with Gasteiger partial charge in [-0.3, -0.25) is 0 Å². The van der Waals surface area contributed by atoms with Gasteiger partial charge in [-0.1, -0.05) is 11.6 Å². The van der Waals surface area contributed by atoms with Gasteiger partial charge in [-0.15, -0.1) is 20.4 Å². The van der Waals surface area contributed by atoms with Crippen molar-refractivity contribution >= 4 is 17.5 Å². The van der Waals surface area contributed by atoms with Crippen molar-refractivity contribution in [3.63, 3.8) is 0 Å². The summed E-state index contributed by atoms with van der Waals surface area (Å²) in [5, 5.41) is 17.3. The fourth-order valence-electron chi connectivity index (χ4n) is 2.07. The predicted molar refractivity (Wildman–Crippen MR) is 77.8 cm³/mol. The molecule has 2 heterocycles. The van der Waals surface area contributed by atoms with Crippen molar-refractivity contribution in [3.8, 4) is 11.4 Å². The van der Waals surface area contributed by atoms with Crippen LogP contribution in [0.25, 0.3) is 11.4 Å². The van der Waals surface area contributed by atoms with Crippen LogP contribution in [0.3, 0.4) is 0 Å². The maximum atomic E-state index is 5.85. The highest BCUT2D eigenvalue weighted by Crippen LogP contribution is 2.17. The third-order valence-electron chi connectivity index (χ3n) is 3.36. The minimum Gasteiger partial charge on any atom is -0.336 e. The quantitative estimate of drug-likeness (QED) is 0.832. The number of hydrogen-bond acceptors (Lipinski definition) is 6. The molecule has 2 aromatic rings. The summed E-state index contributed by atoms with van der Waals surface area (Å²) in [6.07, 6.45) is 0. The molecule has 0 atom stereocenters. The van der Waals surface area contributed by atoms with Crippen LogP contribution < -0.4 is 4.90 Å². The summed E-state index contributed by atoms with van der Waals surface area (Å²) in [6.45, 7) is 3.81. The van der Waals surface area contributed by atoms with Crippen LogP contribution in [0.5, 0.6) is 0 Å². The van der Waals surface area contributed by atoms with E-state index in [0.29, 0.717) is 16.8 Å². The van der Waals surface area contributed by atoms with Crippen molar-refractivity contribution in [2.45, 2.75) is 0 Å². The summed E-state index contributed by atoms with van der Waals surface area (Å²) in [4.78, 5) is 4.38. The number of anilines is 1. The number of piperazine rings is 1. The van der Waals surface area contributed by atoms with Gasteiger partial charge in [0, 0.05) is 36.8 Å². The largest absolute Gasteiger partial charge is 0.336 e. The van der Waals surface area contributed by atoms with E-state index in [2.05, 4.69) is 37.2 Å². The van der Waals surface area contributed by atoms with Crippen LogP contribution in [0, 0.1) is 0 Å². The van der Waals surface area contributed by atoms with Crippen molar-refractivity contribution in [3.05, 3.63) is 29.3 Å². The van der Waals surface area contributed by atoms with Gasteiger partial charge in [-0.05, 0) is 31.3 Å². The number of hydrogen-bond donors (Lipinski definition) is 0. The molecule has 0 saturated carbocycles. The zero-order valence-corrected chi connectivity index (χ0v) is 12.0. The van der Waals surface area contributed by atoms with E-state index in [9.17, 15) is 0 Å². The first-order valence-corrected chi connectivity index (χ1v) is 6.87. The van der Waals surface area contributed by atoms with E-state index in [1.807, 2.05) is 12.1 Å². The topological polar surface area (TPSA) is 58.0 Å². The Morgan fingerprint density at radius 3 is 2.10 bits per heavy atom. The van der Waals surface area contributed by atoms with E-state index in [4.69, 9.17) is 11.6 Å². The van der Waals surface area contributed by atoms with Crippen molar-refractivity contribution in [1.82, 2.24) is 25.3 Å². The van der Waals surface area contributed by atoms with Crippen LogP contribution in [0.4, 0.5) is 5.95 Å². The number of likely N-dealkylation sites (N-methyl/N-ethyl adjacent to an activating group) is 1. The van der Waals surface area contributed by atoms with Gasteiger partial charge in [0.1, 0.15) is 0 Å². The van der Waals surface area contributed by atoms with Gasteiger partial charge >= 0.3 is 0 Å². The number of halogens is 1. The van der Waals surface area contributed by atoms with Gasteiger partial charge in [0.05, 0.1) is 0 Å². The SMILES string of the molecule is CN1CCN(c2nnc(-c3ccc(Cl)cc3)nn2)CC1. The van der Waals surface area contributed by atoms with Crippen LogP contribution in [0.2, 0.25) is 5.02 Å². The van der Waals surface area contributed by atoms with E-state index < -0.39 is 0 Å². The molecule has 0 radical (unpaired) electrons. The maximum absolute atomic E-state index is 5.85. The number of aromatic nitrogens is 4. The minimum absolute atomic E-state index is 0.513. The second-order valence-corrected chi connectivity index (χ2v) is 5.26. The lowest BCUT2D eigenvalue weighted by atomic mass is 10.2. The molecule has 1 fully saturated rings. The van der Waals surface area contributed by atoms with Gasteiger partial charge in [0.25, 0.3) is 5.95 Å².